The van der Waals surface area contributed by atoms with Gasteiger partial charge in [0.15, 0.2) is 0 Å². The first kappa shape index (κ1) is 13.1. The van der Waals surface area contributed by atoms with Gasteiger partial charge in [-0.25, -0.2) is 0 Å². The summed E-state index contributed by atoms with van der Waals surface area (Å²) in [6.07, 6.45) is 0. The maximum absolute atomic E-state index is 10.2. The smallest absolute Gasteiger partial charge is 0.146 e. The largest absolute Gasteiger partial charge is 0.545 e. The normalized spacial score (nSPS) is 13.6. The number of carbonyl (C=O) groups is 2. The van der Waals surface area contributed by atoms with Crippen molar-refractivity contribution in [2.75, 3.05) is 20.0 Å². The van der Waals surface area contributed by atoms with Gasteiger partial charge in [-0.15, -0.1) is 0 Å². The molecule has 1 aromatic rings. The first-order valence-corrected chi connectivity index (χ1v) is 4.79. The van der Waals surface area contributed by atoms with Crippen molar-refractivity contribution in [2.24, 2.45) is 0 Å². The van der Waals surface area contributed by atoms with Crippen LogP contribution in [0.3, 0.4) is 0 Å². The van der Waals surface area contributed by atoms with Gasteiger partial charge >= 0.3 is 0 Å². The first-order chi connectivity index (χ1) is 8.11. The fraction of sp³-hybridized carbons (Fsp3) is 0.273. The molecule has 0 aromatic heterocycles. The second kappa shape index (κ2) is 6.62. The summed E-state index contributed by atoms with van der Waals surface area (Å²) in [5, 5.41) is 20.4. The van der Waals surface area contributed by atoms with Crippen LogP contribution in [0.25, 0.3) is 0 Å². The number of benzene rings is 1. The third kappa shape index (κ3) is 4.62. The van der Waals surface area contributed by atoms with Crippen molar-refractivity contribution in [3.63, 3.8) is 0 Å². The predicted octanol–water partition coefficient (Wildman–Crippen LogP) is -1.60. The van der Waals surface area contributed by atoms with Gasteiger partial charge in [0.25, 0.3) is 0 Å². The summed E-state index contributed by atoms with van der Waals surface area (Å²) in [7, 11) is 0. The quantitative estimate of drug-likeness (QED) is 0.615. The standard InChI is InChI=1S/C8H6O4.C3H6O2/c9-7(10)5-1-2-6(4-3-5)8(11)12;1-2-5-3-4-1/h1-4H,(H,9,10)(H,11,12);1-3H2/p-2. The summed E-state index contributed by atoms with van der Waals surface area (Å²) in [5.74, 6) is -2.67. The van der Waals surface area contributed by atoms with E-state index in [1.165, 1.54) is 0 Å². The zero-order valence-electron chi connectivity index (χ0n) is 8.88. The lowest BCUT2D eigenvalue weighted by molar-refractivity contribution is -0.256. The van der Waals surface area contributed by atoms with Crippen molar-refractivity contribution in [3.05, 3.63) is 35.4 Å². The molecule has 0 radical (unpaired) electrons. The molecular formula is C11H10O6-2. The van der Waals surface area contributed by atoms with Crippen LogP contribution < -0.4 is 10.2 Å². The lowest BCUT2D eigenvalue weighted by Crippen LogP contribution is -2.24. The molecule has 1 saturated heterocycles. The first-order valence-electron chi connectivity index (χ1n) is 4.79. The van der Waals surface area contributed by atoms with Gasteiger partial charge in [0, 0.05) is 0 Å². The molecular weight excluding hydrogens is 228 g/mol. The highest BCUT2D eigenvalue weighted by Crippen LogP contribution is 2.01. The van der Waals surface area contributed by atoms with Gasteiger partial charge < -0.3 is 29.3 Å². The van der Waals surface area contributed by atoms with Crippen molar-refractivity contribution in [2.45, 2.75) is 0 Å². The molecule has 0 unspecified atom stereocenters. The predicted molar refractivity (Wildman–Crippen MR) is 51.9 cm³/mol. The number of hydrogen-bond acceptors (Lipinski definition) is 6. The molecule has 1 aromatic carbocycles. The third-order valence-corrected chi connectivity index (χ3v) is 1.89. The van der Waals surface area contributed by atoms with Gasteiger partial charge in [0.1, 0.15) is 6.79 Å². The molecule has 0 atom stereocenters. The van der Waals surface area contributed by atoms with Gasteiger partial charge in [-0.3, -0.25) is 0 Å². The zero-order valence-corrected chi connectivity index (χ0v) is 8.88. The van der Waals surface area contributed by atoms with Crippen LogP contribution in [0.15, 0.2) is 24.3 Å². The number of carbonyl (C=O) groups excluding carboxylic acids is 2. The summed E-state index contributed by atoms with van der Waals surface area (Å²) >= 11 is 0. The highest BCUT2D eigenvalue weighted by Gasteiger charge is 1.94. The van der Waals surface area contributed by atoms with E-state index in [4.69, 9.17) is 9.47 Å². The van der Waals surface area contributed by atoms with Crippen molar-refractivity contribution in [1.82, 2.24) is 0 Å². The van der Waals surface area contributed by atoms with Gasteiger partial charge in [0.2, 0.25) is 0 Å². The highest BCUT2D eigenvalue weighted by atomic mass is 16.7. The molecule has 0 spiro atoms. The zero-order chi connectivity index (χ0) is 12.7. The Kier molecular flexibility index (Phi) is 5.12. The van der Waals surface area contributed by atoms with E-state index in [1.54, 1.807) is 0 Å². The summed E-state index contributed by atoms with van der Waals surface area (Å²) in [5.41, 5.74) is -0.111. The SMILES string of the molecule is C1COCO1.O=C([O-])c1ccc(C(=O)[O-])cc1. The molecule has 92 valence electrons. The van der Waals surface area contributed by atoms with E-state index >= 15 is 0 Å². The van der Waals surface area contributed by atoms with Crippen LogP contribution in [-0.2, 0) is 9.47 Å². The molecule has 1 aliphatic heterocycles. The number of carboxylic acid groups (broad SMARTS) is 2. The van der Waals surface area contributed by atoms with Crippen LogP contribution in [0, 0.1) is 0 Å². The number of carboxylic acids is 2. The molecule has 0 aliphatic carbocycles. The topological polar surface area (TPSA) is 98.7 Å². The molecule has 6 nitrogen and oxygen atoms in total. The van der Waals surface area contributed by atoms with E-state index in [-0.39, 0.29) is 11.1 Å². The van der Waals surface area contributed by atoms with Crippen LogP contribution in [0.4, 0.5) is 0 Å². The van der Waals surface area contributed by atoms with E-state index in [1.807, 2.05) is 0 Å². The number of aromatic carboxylic acids is 2. The summed E-state index contributed by atoms with van der Waals surface area (Å²) < 4.78 is 9.44. The maximum Gasteiger partial charge on any atom is 0.146 e. The molecule has 0 amide bonds. The van der Waals surface area contributed by atoms with Crippen molar-refractivity contribution < 1.29 is 29.3 Å². The van der Waals surface area contributed by atoms with Crippen LogP contribution in [0.5, 0.6) is 0 Å². The Morgan fingerprint density at radius 2 is 1.24 bits per heavy atom. The van der Waals surface area contributed by atoms with E-state index in [9.17, 15) is 19.8 Å². The Balaban J connectivity index is 0.000000239. The highest BCUT2D eigenvalue weighted by molar-refractivity contribution is 5.89. The fourth-order valence-electron chi connectivity index (χ4n) is 1.04. The van der Waals surface area contributed by atoms with Gasteiger partial charge in [-0.2, -0.15) is 0 Å². The average molecular weight is 238 g/mol. The number of ether oxygens (including phenoxy) is 2. The van der Waals surface area contributed by atoms with E-state index in [0.29, 0.717) is 6.79 Å². The van der Waals surface area contributed by atoms with Crippen molar-refractivity contribution >= 4 is 11.9 Å². The summed E-state index contributed by atoms with van der Waals surface area (Å²) in [6, 6.07) is 4.61. The number of rotatable bonds is 2. The molecule has 17 heavy (non-hydrogen) atoms. The summed E-state index contributed by atoms with van der Waals surface area (Å²) in [4.78, 5) is 20.4. The second-order valence-corrected chi connectivity index (χ2v) is 3.09. The second-order valence-electron chi connectivity index (χ2n) is 3.09. The molecule has 2 rings (SSSR count). The Hall–Kier alpha value is -1.92. The molecule has 0 saturated carbocycles. The average Bonchev–Trinajstić information content (AvgIpc) is 2.87. The Morgan fingerprint density at radius 1 is 0.882 bits per heavy atom. The Labute approximate surface area is 97.4 Å². The van der Waals surface area contributed by atoms with Crippen molar-refractivity contribution in [3.8, 4) is 0 Å². The van der Waals surface area contributed by atoms with Crippen LogP contribution in [-0.4, -0.2) is 31.9 Å². The third-order valence-electron chi connectivity index (χ3n) is 1.89. The Bertz CT molecular complexity index is 339. The minimum atomic E-state index is -1.33. The molecule has 0 N–H and O–H groups in total. The maximum atomic E-state index is 10.2. The monoisotopic (exact) mass is 238 g/mol. The molecule has 1 aliphatic rings. The minimum absolute atomic E-state index is 0.0556. The molecule has 1 heterocycles. The van der Waals surface area contributed by atoms with Crippen LogP contribution >= 0.6 is 0 Å². The lowest BCUT2D eigenvalue weighted by Gasteiger charge is -2.04. The van der Waals surface area contributed by atoms with Gasteiger partial charge in [-0.1, -0.05) is 24.3 Å². The van der Waals surface area contributed by atoms with Crippen molar-refractivity contribution in [1.29, 1.82) is 0 Å². The minimum Gasteiger partial charge on any atom is -0.545 e. The molecule has 1 fully saturated rings. The molecule has 6 heteroatoms. The lowest BCUT2D eigenvalue weighted by atomic mass is 10.1. The molecule has 0 bridgehead atoms. The summed E-state index contributed by atoms with van der Waals surface area (Å²) in [6.45, 7) is 2.06. The van der Waals surface area contributed by atoms with E-state index in [0.717, 1.165) is 37.5 Å². The number of hydrogen-bond donors (Lipinski definition) is 0. The van der Waals surface area contributed by atoms with Crippen LogP contribution in [0.2, 0.25) is 0 Å². The fourth-order valence-corrected chi connectivity index (χ4v) is 1.04. The van der Waals surface area contributed by atoms with Gasteiger partial charge in [-0.05, 0) is 11.1 Å². The van der Waals surface area contributed by atoms with E-state index < -0.39 is 11.9 Å². The van der Waals surface area contributed by atoms with E-state index in [2.05, 4.69) is 0 Å². The van der Waals surface area contributed by atoms with Crippen LogP contribution in [0.1, 0.15) is 20.7 Å². The Morgan fingerprint density at radius 3 is 1.41 bits per heavy atom. The van der Waals surface area contributed by atoms with Gasteiger partial charge in [0.05, 0.1) is 25.2 Å².